The normalized spacial score (nSPS) is 16.6. The Labute approximate surface area is 78.9 Å². The van der Waals surface area contributed by atoms with E-state index in [1.807, 2.05) is 6.92 Å². The molecule has 0 aromatic rings. The number of alkyl halides is 2. The van der Waals surface area contributed by atoms with E-state index in [0.29, 0.717) is 12.5 Å². The summed E-state index contributed by atoms with van der Waals surface area (Å²) in [6.07, 6.45) is -1.49. The third-order valence-electron chi connectivity index (χ3n) is 1.99. The van der Waals surface area contributed by atoms with Crippen LogP contribution in [0.4, 0.5) is 8.78 Å². The first-order valence-corrected chi connectivity index (χ1v) is 4.63. The summed E-state index contributed by atoms with van der Waals surface area (Å²) in [5.41, 5.74) is 5.18. The first-order valence-electron chi connectivity index (χ1n) is 4.63. The Hall–Kier alpha value is -0.220. The van der Waals surface area contributed by atoms with Gasteiger partial charge in [-0.25, -0.2) is 8.78 Å². The zero-order valence-electron chi connectivity index (χ0n) is 8.61. The number of rotatable bonds is 6. The molecule has 3 N–H and O–H groups in total. The lowest BCUT2D eigenvalue weighted by Crippen LogP contribution is -2.51. The van der Waals surface area contributed by atoms with Crippen LogP contribution in [-0.2, 0) is 0 Å². The van der Waals surface area contributed by atoms with Crippen LogP contribution in [0.5, 0.6) is 0 Å². The molecule has 0 spiro atoms. The molecule has 1 unspecified atom stereocenters. The van der Waals surface area contributed by atoms with Crippen LogP contribution in [0.1, 0.15) is 27.2 Å². The lowest BCUT2D eigenvalue weighted by molar-refractivity contribution is 0.128. The minimum atomic E-state index is -2.31. The van der Waals surface area contributed by atoms with E-state index >= 15 is 0 Å². The highest BCUT2D eigenvalue weighted by Crippen LogP contribution is 2.15. The molecule has 0 aliphatic rings. The lowest BCUT2D eigenvalue weighted by Gasteiger charge is -2.31. The second-order valence-electron chi connectivity index (χ2n) is 4.13. The van der Waals surface area contributed by atoms with Gasteiger partial charge in [0.25, 0.3) is 6.43 Å². The molecular weight excluding hydrogens is 174 g/mol. The van der Waals surface area contributed by atoms with Crippen molar-refractivity contribution in [3.05, 3.63) is 0 Å². The summed E-state index contributed by atoms with van der Waals surface area (Å²) in [6, 6.07) is 0. The van der Waals surface area contributed by atoms with Crippen molar-refractivity contribution in [3.63, 3.8) is 0 Å². The summed E-state index contributed by atoms with van der Waals surface area (Å²) in [7, 11) is 0. The summed E-state index contributed by atoms with van der Waals surface area (Å²) >= 11 is 0. The van der Waals surface area contributed by atoms with Gasteiger partial charge in [0, 0.05) is 12.1 Å². The van der Waals surface area contributed by atoms with Crippen LogP contribution in [0, 0.1) is 5.92 Å². The van der Waals surface area contributed by atoms with Crippen LogP contribution in [-0.4, -0.2) is 25.1 Å². The Bertz CT molecular complexity index is 140. The predicted molar refractivity (Wildman–Crippen MR) is 50.9 cm³/mol. The minimum Gasteiger partial charge on any atom is -0.329 e. The molecule has 0 aromatic heterocycles. The molecule has 0 fully saturated rings. The standard InChI is InChI=1S/C9H20F2N2/c1-7(2)4-9(3,6-12)13-5-8(10)11/h7-8,13H,4-6,12H2,1-3H3. The van der Waals surface area contributed by atoms with Gasteiger partial charge in [0.15, 0.2) is 0 Å². The molecule has 80 valence electrons. The summed E-state index contributed by atoms with van der Waals surface area (Å²) in [5.74, 6) is 0.457. The second-order valence-corrected chi connectivity index (χ2v) is 4.13. The van der Waals surface area contributed by atoms with Gasteiger partial charge in [0.05, 0.1) is 6.54 Å². The summed E-state index contributed by atoms with van der Waals surface area (Å²) in [4.78, 5) is 0. The fourth-order valence-electron chi connectivity index (χ4n) is 1.45. The number of nitrogens with two attached hydrogens (primary N) is 1. The van der Waals surface area contributed by atoms with Gasteiger partial charge in [0.1, 0.15) is 0 Å². The van der Waals surface area contributed by atoms with Crippen LogP contribution in [0.25, 0.3) is 0 Å². The fourth-order valence-corrected chi connectivity index (χ4v) is 1.45. The lowest BCUT2D eigenvalue weighted by atomic mass is 9.91. The van der Waals surface area contributed by atoms with Crippen LogP contribution in [0.15, 0.2) is 0 Å². The van der Waals surface area contributed by atoms with E-state index < -0.39 is 6.43 Å². The number of nitrogens with one attached hydrogen (secondary N) is 1. The van der Waals surface area contributed by atoms with Crippen molar-refractivity contribution in [1.82, 2.24) is 5.32 Å². The highest BCUT2D eigenvalue weighted by Gasteiger charge is 2.23. The number of hydrogen-bond donors (Lipinski definition) is 2. The van der Waals surface area contributed by atoms with Gasteiger partial charge in [-0.2, -0.15) is 0 Å². The van der Waals surface area contributed by atoms with Gasteiger partial charge in [-0.15, -0.1) is 0 Å². The molecule has 0 saturated heterocycles. The SMILES string of the molecule is CC(C)CC(C)(CN)NCC(F)F. The van der Waals surface area contributed by atoms with E-state index in [1.54, 1.807) is 0 Å². The average molecular weight is 194 g/mol. The van der Waals surface area contributed by atoms with Crippen molar-refractivity contribution < 1.29 is 8.78 Å². The molecule has 0 heterocycles. The Morgan fingerprint density at radius 3 is 2.23 bits per heavy atom. The molecule has 0 bridgehead atoms. The van der Waals surface area contributed by atoms with E-state index in [4.69, 9.17) is 5.73 Å². The van der Waals surface area contributed by atoms with Crippen LogP contribution < -0.4 is 11.1 Å². The van der Waals surface area contributed by atoms with E-state index in [0.717, 1.165) is 6.42 Å². The molecule has 0 rings (SSSR count). The second kappa shape index (κ2) is 5.50. The van der Waals surface area contributed by atoms with Gasteiger partial charge >= 0.3 is 0 Å². The van der Waals surface area contributed by atoms with Gasteiger partial charge in [-0.1, -0.05) is 13.8 Å². The van der Waals surface area contributed by atoms with Crippen LogP contribution >= 0.6 is 0 Å². The third kappa shape index (κ3) is 5.93. The van der Waals surface area contributed by atoms with Crippen molar-refractivity contribution >= 4 is 0 Å². The fraction of sp³-hybridized carbons (Fsp3) is 1.00. The van der Waals surface area contributed by atoms with E-state index in [9.17, 15) is 8.78 Å². The predicted octanol–water partition coefficient (Wildman–Crippen LogP) is 1.60. The zero-order chi connectivity index (χ0) is 10.5. The van der Waals surface area contributed by atoms with Crippen molar-refractivity contribution in [1.29, 1.82) is 0 Å². The van der Waals surface area contributed by atoms with Crippen LogP contribution in [0.3, 0.4) is 0 Å². The minimum absolute atomic E-state index is 0.277. The van der Waals surface area contributed by atoms with E-state index in [2.05, 4.69) is 19.2 Å². The monoisotopic (exact) mass is 194 g/mol. The molecule has 4 heteroatoms. The first-order chi connectivity index (χ1) is 5.89. The zero-order valence-corrected chi connectivity index (χ0v) is 8.61. The Kier molecular flexibility index (Phi) is 5.40. The smallest absolute Gasteiger partial charge is 0.250 e. The van der Waals surface area contributed by atoms with Crippen molar-refractivity contribution in [2.45, 2.75) is 39.2 Å². The Morgan fingerprint density at radius 2 is 1.92 bits per heavy atom. The molecular formula is C9H20F2N2. The van der Waals surface area contributed by atoms with Crippen LogP contribution in [0.2, 0.25) is 0 Å². The number of hydrogen-bond acceptors (Lipinski definition) is 2. The molecule has 0 aromatic carbocycles. The molecule has 0 aliphatic heterocycles. The molecule has 2 nitrogen and oxygen atoms in total. The maximum atomic E-state index is 11.9. The molecule has 0 radical (unpaired) electrons. The van der Waals surface area contributed by atoms with Crippen molar-refractivity contribution in [3.8, 4) is 0 Å². The topological polar surface area (TPSA) is 38.0 Å². The number of halogens is 2. The summed E-state index contributed by atoms with van der Waals surface area (Å²) in [5, 5.41) is 2.80. The van der Waals surface area contributed by atoms with Gasteiger partial charge in [-0.3, -0.25) is 0 Å². The van der Waals surface area contributed by atoms with Gasteiger partial charge in [0.2, 0.25) is 0 Å². The van der Waals surface area contributed by atoms with Crippen molar-refractivity contribution in [2.75, 3.05) is 13.1 Å². The molecule has 0 aliphatic carbocycles. The average Bonchev–Trinajstić information content (AvgIpc) is 2.00. The first kappa shape index (κ1) is 12.8. The maximum Gasteiger partial charge on any atom is 0.250 e. The Morgan fingerprint density at radius 1 is 1.38 bits per heavy atom. The van der Waals surface area contributed by atoms with Gasteiger partial charge in [-0.05, 0) is 19.3 Å². The van der Waals surface area contributed by atoms with E-state index in [1.165, 1.54) is 0 Å². The molecule has 13 heavy (non-hydrogen) atoms. The van der Waals surface area contributed by atoms with Gasteiger partial charge < -0.3 is 11.1 Å². The molecule has 0 amide bonds. The summed E-state index contributed by atoms with van der Waals surface area (Å²) in [6.45, 7) is 6.10. The van der Waals surface area contributed by atoms with E-state index in [-0.39, 0.29) is 12.1 Å². The summed E-state index contributed by atoms with van der Waals surface area (Å²) < 4.78 is 23.9. The highest BCUT2D eigenvalue weighted by molar-refractivity contribution is 4.85. The largest absolute Gasteiger partial charge is 0.329 e. The quantitative estimate of drug-likeness (QED) is 0.674. The molecule has 0 saturated carbocycles. The Balaban J connectivity index is 3.96. The van der Waals surface area contributed by atoms with Crippen molar-refractivity contribution in [2.24, 2.45) is 11.7 Å². The highest BCUT2D eigenvalue weighted by atomic mass is 19.3. The maximum absolute atomic E-state index is 11.9. The molecule has 1 atom stereocenters. The third-order valence-corrected chi connectivity index (χ3v) is 1.99.